The molecular weight excluding hydrogens is 320 g/mol. The van der Waals surface area contributed by atoms with E-state index < -0.39 is 0 Å². The van der Waals surface area contributed by atoms with Gasteiger partial charge in [-0.25, -0.2) is 0 Å². The normalized spacial score (nSPS) is 21.4. The molecule has 1 aromatic heterocycles. The number of aliphatic hydroxyl groups is 1. The highest BCUT2D eigenvalue weighted by atomic mass is 32.1. The molecule has 2 unspecified atom stereocenters. The van der Waals surface area contributed by atoms with Crippen LogP contribution < -0.4 is 5.32 Å². The third-order valence-electron chi connectivity index (χ3n) is 4.19. The van der Waals surface area contributed by atoms with Crippen LogP contribution in [0.25, 0.3) is 6.08 Å². The van der Waals surface area contributed by atoms with Crippen LogP contribution >= 0.6 is 11.3 Å². The van der Waals surface area contributed by atoms with Crippen molar-refractivity contribution in [2.24, 2.45) is 0 Å². The monoisotopic (exact) mass is 342 g/mol. The van der Waals surface area contributed by atoms with Gasteiger partial charge in [0.25, 0.3) is 0 Å². The minimum atomic E-state index is -0.322. The number of nitrogens with one attached hydrogen (secondary N) is 1. The van der Waals surface area contributed by atoms with Crippen LogP contribution in [-0.2, 0) is 11.3 Å². The maximum Gasteiger partial charge on any atom is 0.244 e. The highest BCUT2D eigenvalue weighted by molar-refractivity contribution is 7.10. The summed E-state index contributed by atoms with van der Waals surface area (Å²) in [5, 5.41) is 14.9. The Balaban J connectivity index is 1.52. The first kappa shape index (κ1) is 16.9. The number of aliphatic hydroxyl groups excluding tert-OH is 1. The molecular formula is C19H22N2O2S. The molecule has 1 amide bonds. The molecule has 2 N–H and O–H groups in total. The number of thiophene rings is 1. The Bertz CT molecular complexity index is 670. The maximum absolute atomic E-state index is 12.0. The van der Waals surface area contributed by atoms with E-state index >= 15 is 0 Å². The van der Waals surface area contributed by atoms with Gasteiger partial charge in [0, 0.05) is 36.6 Å². The predicted molar refractivity (Wildman–Crippen MR) is 97.6 cm³/mol. The molecule has 126 valence electrons. The van der Waals surface area contributed by atoms with Crippen LogP contribution in [0.15, 0.2) is 53.9 Å². The Hall–Kier alpha value is -1.95. The number of hydrogen-bond acceptors (Lipinski definition) is 4. The molecule has 2 aromatic rings. The average Bonchev–Trinajstić information content (AvgIpc) is 3.22. The van der Waals surface area contributed by atoms with Crippen molar-refractivity contribution in [3.63, 3.8) is 0 Å². The zero-order valence-corrected chi connectivity index (χ0v) is 14.3. The average molecular weight is 342 g/mol. The Morgan fingerprint density at radius 2 is 2.12 bits per heavy atom. The van der Waals surface area contributed by atoms with Gasteiger partial charge >= 0.3 is 0 Å². The van der Waals surface area contributed by atoms with Gasteiger partial charge in [-0.3, -0.25) is 9.69 Å². The van der Waals surface area contributed by atoms with E-state index in [0.717, 1.165) is 11.4 Å². The molecule has 0 aliphatic carbocycles. The second kappa shape index (κ2) is 8.24. The Morgan fingerprint density at radius 3 is 2.88 bits per heavy atom. The smallest absolute Gasteiger partial charge is 0.244 e. The van der Waals surface area contributed by atoms with Crippen molar-refractivity contribution < 1.29 is 9.90 Å². The van der Waals surface area contributed by atoms with E-state index in [1.54, 1.807) is 17.4 Å². The molecule has 2 atom stereocenters. The zero-order chi connectivity index (χ0) is 16.8. The van der Waals surface area contributed by atoms with Gasteiger partial charge in [-0.15, -0.1) is 11.3 Å². The summed E-state index contributed by atoms with van der Waals surface area (Å²) in [5.41, 5.74) is 1.22. The molecule has 0 spiro atoms. The van der Waals surface area contributed by atoms with E-state index in [-0.39, 0.29) is 18.1 Å². The third-order valence-corrected chi connectivity index (χ3v) is 5.03. The molecule has 2 heterocycles. The summed E-state index contributed by atoms with van der Waals surface area (Å²) >= 11 is 1.60. The Labute approximate surface area is 146 Å². The van der Waals surface area contributed by atoms with E-state index in [0.29, 0.717) is 19.5 Å². The molecule has 4 nitrogen and oxygen atoms in total. The van der Waals surface area contributed by atoms with Gasteiger partial charge in [0.2, 0.25) is 5.91 Å². The van der Waals surface area contributed by atoms with E-state index in [4.69, 9.17) is 0 Å². The minimum Gasteiger partial charge on any atom is -0.392 e. The Kier molecular flexibility index (Phi) is 5.80. The lowest BCUT2D eigenvalue weighted by atomic mass is 10.1. The molecule has 0 bridgehead atoms. The first-order valence-electron chi connectivity index (χ1n) is 8.16. The number of nitrogens with zero attached hydrogens (tertiary/aromatic N) is 1. The molecule has 0 saturated carbocycles. The van der Waals surface area contributed by atoms with Crippen molar-refractivity contribution in [3.05, 3.63) is 64.4 Å². The molecule has 1 saturated heterocycles. The van der Waals surface area contributed by atoms with Crippen LogP contribution in [0.3, 0.4) is 0 Å². The molecule has 1 aromatic carbocycles. The first-order valence-corrected chi connectivity index (χ1v) is 9.04. The van der Waals surface area contributed by atoms with Crippen molar-refractivity contribution in [1.29, 1.82) is 0 Å². The number of amides is 1. The third kappa shape index (κ3) is 4.77. The van der Waals surface area contributed by atoms with Gasteiger partial charge in [-0.05, 0) is 29.5 Å². The number of rotatable bonds is 6. The largest absolute Gasteiger partial charge is 0.392 e. The van der Waals surface area contributed by atoms with Crippen molar-refractivity contribution >= 4 is 23.3 Å². The quantitative estimate of drug-likeness (QED) is 0.793. The van der Waals surface area contributed by atoms with E-state index in [9.17, 15) is 9.90 Å². The second-order valence-corrected chi connectivity index (χ2v) is 7.03. The number of likely N-dealkylation sites (tertiary alicyclic amines) is 1. The Morgan fingerprint density at radius 1 is 1.29 bits per heavy atom. The SMILES string of the molecule is O=C(/C=C/c1cccs1)NCC1CC(O)CN1Cc1ccccc1. The maximum atomic E-state index is 12.0. The highest BCUT2D eigenvalue weighted by Crippen LogP contribution is 2.20. The fourth-order valence-corrected chi connectivity index (χ4v) is 3.62. The fraction of sp³-hybridized carbons (Fsp3) is 0.316. The lowest BCUT2D eigenvalue weighted by molar-refractivity contribution is -0.116. The summed E-state index contributed by atoms with van der Waals surface area (Å²) in [6.45, 7) is 2.00. The molecule has 1 fully saturated rings. The number of benzene rings is 1. The van der Waals surface area contributed by atoms with Gasteiger partial charge < -0.3 is 10.4 Å². The van der Waals surface area contributed by atoms with Crippen molar-refractivity contribution in [2.45, 2.75) is 25.1 Å². The highest BCUT2D eigenvalue weighted by Gasteiger charge is 2.30. The van der Waals surface area contributed by atoms with Crippen LogP contribution in [0, 0.1) is 0 Å². The van der Waals surface area contributed by atoms with E-state index in [1.807, 2.05) is 41.8 Å². The van der Waals surface area contributed by atoms with Gasteiger partial charge in [-0.1, -0.05) is 36.4 Å². The van der Waals surface area contributed by atoms with Crippen LogP contribution in [0.5, 0.6) is 0 Å². The number of carbonyl (C=O) groups is 1. The molecule has 1 aliphatic heterocycles. The van der Waals surface area contributed by atoms with E-state index in [1.165, 1.54) is 5.56 Å². The van der Waals surface area contributed by atoms with E-state index in [2.05, 4.69) is 22.3 Å². The minimum absolute atomic E-state index is 0.0931. The summed E-state index contributed by atoms with van der Waals surface area (Å²) in [7, 11) is 0. The number of β-amino-alcohol motifs (C(OH)–C–C–N with tert-alkyl or cyclic N) is 1. The predicted octanol–water partition coefficient (Wildman–Crippen LogP) is 2.51. The van der Waals surface area contributed by atoms with Crippen LogP contribution in [0.4, 0.5) is 0 Å². The lowest BCUT2D eigenvalue weighted by Gasteiger charge is -2.24. The standard InChI is InChI=1S/C19H22N2O2S/c22-17-11-16(21(14-17)13-15-5-2-1-3-6-15)12-20-19(23)9-8-18-7-4-10-24-18/h1-10,16-17,22H,11-14H2,(H,20,23)/b9-8+. The summed E-state index contributed by atoms with van der Waals surface area (Å²) in [6, 6.07) is 14.3. The molecule has 5 heteroatoms. The summed E-state index contributed by atoms with van der Waals surface area (Å²) in [4.78, 5) is 15.3. The first-order chi connectivity index (χ1) is 11.7. The molecule has 24 heavy (non-hydrogen) atoms. The zero-order valence-electron chi connectivity index (χ0n) is 13.5. The summed E-state index contributed by atoms with van der Waals surface area (Å²) in [6.07, 6.45) is 3.77. The van der Waals surface area contributed by atoms with Crippen LogP contribution in [0.1, 0.15) is 16.9 Å². The van der Waals surface area contributed by atoms with Crippen molar-refractivity contribution in [2.75, 3.05) is 13.1 Å². The fourth-order valence-electron chi connectivity index (χ4n) is 3.00. The van der Waals surface area contributed by atoms with Gasteiger partial charge in [0.05, 0.1) is 6.10 Å². The molecule has 3 rings (SSSR count). The van der Waals surface area contributed by atoms with Gasteiger partial charge in [0.1, 0.15) is 0 Å². The van der Waals surface area contributed by atoms with Crippen LogP contribution in [0.2, 0.25) is 0 Å². The van der Waals surface area contributed by atoms with Crippen molar-refractivity contribution in [1.82, 2.24) is 10.2 Å². The second-order valence-electron chi connectivity index (χ2n) is 6.05. The van der Waals surface area contributed by atoms with Crippen LogP contribution in [-0.4, -0.2) is 41.1 Å². The number of hydrogen-bond donors (Lipinski definition) is 2. The molecule has 1 aliphatic rings. The number of carbonyl (C=O) groups excluding carboxylic acids is 1. The summed E-state index contributed by atoms with van der Waals surface area (Å²) in [5.74, 6) is -0.0931. The lowest BCUT2D eigenvalue weighted by Crippen LogP contribution is -2.39. The van der Waals surface area contributed by atoms with Gasteiger partial charge in [-0.2, -0.15) is 0 Å². The van der Waals surface area contributed by atoms with Crippen molar-refractivity contribution in [3.8, 4) is 0 Å². The summed E-state index contributed by atoms with van der Waals surface area (Å²) < 4.78 is 0. The molecule has 0 radical (unpaired) electrons. The topological polar surface area (TPSA) is 52.6 Å². The van der Waals surface area contributed by atoms with Gasteiger partial charge in [0.15, 0.2) is 0 Å².